The van der Waals surface area contributed by atoms with E-state index in [9.17, 15) is 18.0 Å². The number of carbonyl (C=O) groups is 1. The quantitative estimate of drug-likeness (QED) is 0.877. The molecule has 2 heterocycles. The summed E-state index contributed by atoms with van der Waals surface area (Å²) in [6, 6.07) is 5.24. The van der Waals surface area contributed by atoms with Crippen molar-refractivity contribution in [3.8, 4) is 0 Å². The van der Waals surface area contributed by atoms with E-state index in [-0.39, 0.29) is 22.2 Å². The van der Waals surface area contributed by atoms with Crippen LogP contribution in [0.1, 0.15) is 5.01 Å². The number of alkyl halides is 3. The molecule has 0 aliphatic rings. The van der Waals surface area contributed by atoms with Crippen LogP contribution in [-0.4, -0.2) is 26.8 Å². The molecule has 0 saturated heterocycles. The lowest BCUT2D eigenvalue weighted by molar-refractivity contribution is -0.138. The van der Waals surface area contributed by atoms with E-state index in [1.807, 2.05) is 0 Å². The number of anilines is 1. The summed E-state index contributed by atoms with van der Waals surface area (Å²) in [5, 5.41) is 7.88. The third-order valence-electron chi connectivity index (χ3n) is 1.90. The van der Waals surface area contributed by atoms with Crippen LogP contribution in [0.25, 0.3) is 0 Å². The maximum absolute atomic E-state index is 12.3. The van der Waals surface area contributed by atoms with Crippen molar-refractivity contribution in [1.29, 1.82) is 0 Å². The predicted molar refractivity (Wildman–Crippen MR) is 68.5 cm³/mol. The standard InChI is InChI=1S/C10H7F3N4OS2/c11-10(12,13)8-16-17-9(20-8)15-6(18)5-19-7-3-1-2-4-14-7/h1-4H,5H2,(H,15,17,18). The average molecular weight is 320 g/mol. The maximum atomic E-state index is 12.3. The first kappa shape index (κ1) is 14.7. The molecule has 10 heteroatoms. The van der Waals surface area contributed by atoms with Gasteiger partial charge in [0.2, 0.25) is 16.0 Å². The number of thioether (sulfide) groups is 1. The first-order chi connectivity index (χ1) is 9.45. The van der Waals surface area contributed by atoms with Gasteiger partial charge in [0.25, 0.3) is 0 Å². The smallest absolute Gasteiger partial charge is 0.300 e. The molecular weight excluding hydrogens is 313 g/mol. The number of rotatable bonds is 4. The molecule has 0 radical (unpaired) electrons. The van der Waals surface area contributed by atoms with E-state index in [1.165, 1.54) is 11.8 Å². The van der Waals surface area contributed by atoms with Gasteiger partial charge in [-0.25, -0.2) is 4.98 Å². The molecule has 0 saturated carbocycles. The highest BCUT2D eigenvalue weighted by Gasteiger charge is 2.35. The Morgan fingerprint density at radius 2 is 2.15 bits per heavy atom. The van der Waals surface area contributed by atoms with Gasteiger partial charge in [0, 0.05) is 6.20 Å². The molecule has 0 aromatic carbocycles. The molecule has 0 fully saturated rings. The molecule has 2 rings (SSSR count). The van der Waals surface area contributed by atoms with Crippen molar-refractivity contribution in [2.24, 2.45) is 0 Å². The highest BCUT2D eigenvalue weighted by Crippen LogP contribution is 2.33. The number of carbonyl (C=O) groups excluding carboxylic acids is 1. The predicted octanol–water partition coefficient (Wildman–Crippen LogP) is 2.68. The molecule has 0 bridgehead atoms. The Morgan fingerprint density at radius 1 is 1.35 bits per heavy atom. The van der Waals surface area contributed by atoms with E-state index in [4.69, 9.17) is 0 Å². The number of nitrogens with zero attached hydrogens (tertiary/aromatic N) is 3. The third kappa shape index (κ3) is 4.17. The van der Waals surface area contributed by atoms with Crippen LogP contribution in [0, 0.1) is 0 Å². The normalized spacial score (nSPS) is 11.3. The second kappa shape index (κ2) is 6.18. The van der Waals surface area contributed by atoms with Gasteiger partial charge in [0.05, 0.1) is 10.8 Å². The first-order valence-corrected chi connectivity index (χ1v) is 7.00. The Bertz CT molecular complexity index is 588. The summed E-state index contributed by atoms with van der Waals surface area (Å²) in [7, 11) is 0. The van der Waals surface area contributed by atoms with Crippen molar-refractivity contribution >= 4 is 34.1 Å². The zero-order valence-electron chi connectivity index (χ0n) is 9.72. The third-order valence-corrected chi connectivity index (χ3v) is 3.73. The van der Waals surface area contributed by atoms with Crippen molar-refractivity contribution < 1.29 is 18.0 Å². The lowest BCUT2D eigenvalue weighted by Crippen LogP contribution is -2.13. The molecule has 0 atom stereocenters. The molecule has 2 aromatic rings. The van der Waals surface area contributed by atoms with E-state index in [0.717, 1.165) is 0 Å². The number of hydrogen-bond acceptors (Lipinski definition) is 6. The monoisotopic (exact) mass is 320 g/mol. The number of halogens is 3. The molecular formula is C10H7F3N4OS2. The van der Waals surface area contributed by atoms with Gasteiger partial charge in [-0.2, -0.15) is 13.2 Å². The van der Waals surface area contributed by atoms with Crippen molar-refractivity contribution in [1.82, 2.24) is 15.2 Å². The Balaban J connectivity index is 1.87. The highest BCUT2D eigenvalue weighted by molar-refractivity contribution is 7.99. The van der Waals surface area contributed by atoms with Crippen LogP contribution in [0.3, 0.4) is 0 Å². The van der Waals surface area contributed by atoms with E-state index in [0.29, 0.717) is 5.03 Å². The molecule has 0 aliphatic heterocycles. The number of hydrogen-bond donors (Lipinski definition) is 1. The summed E-state index contributed by atoms with van der Waals surface area (Å²) in [4.78, 5) is 15.5. The molecule has 106 valence electrons. The molecule has 5 nitrogen and oxygen atoms in total. The van der Waals surface area contributed by atoms with Crippen LogP contribution in [0.15, 0.2) is 29.4 Å². The molecule has 0 aliphatic carbocycles. The van der Waals surface area contributed by atoms with Crippen molar-refractivity contribution in [3.05, 3.63) is 29.4 Å². The summed E-state index contributed by atoms with van der Waals surface area (Å²) in [5.74, 6) is -0.441. The van der Waals surface area contributed by atoms with E-state index in [1.54, 1.807) is 24.4 Å². The van der Waals surface area contributed by atoms with E-state index < -0.39 is 17.1 Å². The number of pyridine rings is 1. The molecule has 0 unspecified atom stereocenters. The van der Waals surface area contributed by atoms with Gasteiger partial charge in [-0.15, -0.1) is 10.2 Å². The van der Waals surface area contributed by atoms with Gasteiger partial charge < -0.3 is 0 Å². The van der Waals surface area contributed by atoms with Crippen molar-refractivity contribution in [2.75, 3.05) is 11.1 Å². The number of nitrogens with one attached hydrogen (secondary N) is 1. The Kier molecular flexibility index (Phi) is 4.55. The van der Waals surface area contributed by atoms with Gasteiger partial charge in [-0.1, -0.05) is 29.2 Å². The van der Waals surface area contributed by atoms with Crippen LogP contribution in [0.4, 0.5) is 18.3 Å². The molecule has 20 heavy (non-hydrogen) atoms. The van der Waals surface area contributed by atoms with Crippen LogP contribution < -0.4 is 5.32 Å². The molecule has 1 amide bonds. The average Bonchev–Trinajstić information content (AvgIpc) is 2.86. The Morgan fingerprint density at radius 3 is 2.75 bits per heavy atom. The minimum atomic E-state index is -4.55. The van der Waals surface area contributed by atoms with Crippen LogP contribution >= 0.6 is 23.1 Å². The molecule has 0 spiro atoms. The Hall–Kier alpha value is -1.68. The van der Waals surface area contributed by atoms with Gasteiger partial charge in [0.1, 0.15) is 0 Å². The molecule has 2 aromatic heterocycles. The van der Waals surface area contributed by atoms with Crippen LogP contribution in [-0.2, 0) is 11.0 Å². The lowest BCUT2D eigenvalue weighted by atomic mass is 10.5. The lowest BCUT2D eigenvalue weighted by Gasteiger charge is -2.01. The second-order valence-corrected chi connectivity index (χ2v) is 5.39. The molecule has 1 N–H and O–H groups in total. The van der Waals surface area contributed by atoms with Crippen molar-refractivity contribution in [3.63, 3.8) is 0 Å². The second-order valence-electron chi connectivity index (χ2n) is 3.41. The topological polar surface area (TPSA) is 67.8 Å². The summed E-state index contributed by atoms with van der Waals surface area (Å²) >= 11 is 1.46. The number of amides is 1. The zero-order valence-corrected chi connectivity index (χ0v) is 11.3. The summed E-state index contributed by atoms with van der Waals surface area (Å²) < 4.78 is 36.9. The van der Waals surface area contributed by atoms with E-state index in [2.05, 4.69) is 20.5 Å². The van der Waals surface area contributed by atoms with Gasteiger partial charge in [-0.05, 0) is 12.1 Å². The van der Waals surface area contributed by atoms with Crippen LogP contribution in [0.5, 0.6) is 0 Å². The van der Waals surface area contributed by atoms with Crippen LogP contribution in [0.2, 0.25) is 0 Å². The van der Waals surface area contributed by atoms with E-state index >= 15 is 0 Å². The fraction of sp³-hybridized carbons (Fsp3) is 0.200. The fourth-order valence-electron chi connectivity index (χ4n) is 1.12. The fourth-order valence-corrected chi connectivity index (χ4v) is 2.40. The summed E-state index contributed by atoms with van der Waals surface area (Å²) in [5.41, 5.74) is 0. The first-order valence-electron chi connectivity index (χ1n) is 5.19. The van der Waals surface area contributed by atoms with Gasteiger partial charge in [0.15, 0.2) is 0 Å². The summed E-state index contributed by atoms with van der Waals surface area (Å²) in [6.45, 7) is 0. The largest absolute Gasteiger partial charge is 0.445 e. The SMILES string of the molecule is O=C(CSc1ccccn1)Nc1nnc(C(F)(F)F)s1. The maximum Gasteiger partial charge on any atom is 0.445 e. The minimum Gasteiger partial charge on any atom is -0.300 e. The van der Waals surface area contributed by atoms with Gasteiger partial charge >= 0.3 is 6.18 Å². The Labute approximate surface area is 119 Å². The minimum absolute atomic E-state index is 0.0257. The zero-order chi connectivity index (χ0) is 14.6. The highest BCUT2D eigenvalue weighted by atomic mass is 32.2. The van der Waals surface area contributed by atoms with Crippen molar-refractivity contribution in [2.45, 2.75) is 11.2 Å². The number of aromatic nitrogens is 3. The summed E-state index contributed by atoms with van der Waals surface area (Å²) in [6.07, 6.45) is -2.97. The van der Waals surface area contributed by atoms with Gasteiger partial charge in [-0.3, -0.25) is 10.1 Å².